The second-order valence-corrected chi connectivity index (χ2v) is 6.26. The Morgan fingerprint density at radius 1 is 1.36 bits per heavy atom. The van der Waals surface area contributed by atoms with E-state index in [1.807, 2.05) is 38.4 Å². The Morgan fingerprint density at radius 2 is 2.12 bits per heavy atom. The first kappa shape index (κ1) is 23.6. The number of ether oxygens (including phenoxy) is 1. The average molecular weight is 407 g/mol. The molecule has 0 saturated carbocycles. The van der Waals surface area contributed by atoms with E-state index in [2.05, 4.69) is 15.2 Å². The molecule has 1 heterocycles. The minimum Gasteiger partial charge on any atom is -0.493 e. The van der Waals surface area contributed by atoms with Crippen LogP contribution in [-0.2, 0) is 6.54 Å². The lowest BCUT2D eigenvalue weighted by atomic mass is 10.3. The Hall–Kier alpha value is -1.38. The molecule has 0 unspecified atom stereocenters. The van der Waals surface area contributed by atoms with E-state index < -0.39 is 0 Å². The van der Waals surface area contributed by atoms with Gasteiger partial charge in [-0.25, -0.2) is 4.98 Å². The fourth-order valence-electron chi connectivity index (χ4n) is 1.94. The molecule has 1 aromatic heterocycles. The van der Waals surface area contributed by atoms with Crippen molar-refractivity contribution in [3.63, 3.8) is 0 Å². The number of halogens is 2. The smallest absolute Gasteiger partial charge is 0.275 e. The van der Waals surface area contributed by atoms with Crippen LogP contribution in [0.15, 0.2) is 29.6 Å². The van der Waals surface area contributed by atoms with Gasteiger partial charge in [-0.15, -0.1) is 36.2 Å². The number of nitrogens with two attached hydrogens (primary N) is 1. The lowest BCUT2D eigenvalue weighted by molar-refractivity contribution is 0.102. The third-order valence-electron chi connectivity index (χ3n) is 3.07. The normalized spacial score (nSPS) is 9.92. The van der Waals surface area contributed by atoms with E-state index in [9.17, 15) is 4.79 Å². The van der Waals surface area contributed by atoms with E-state index in [0.29, 0.717) is 24.5 Å². The van der Waals surface area contributed by atoms with Gasteiger partial charge in [-0.05, 0) is 32.6 Å². The van der Waals surface area contributed by atoms with Gasteiger partial charge < -0.3 is 20.7 Å². The Kier molecular flexibility index (Phi) is 11.4. The number of benzene rings is 1. The molecule has 0 aliphatic heterocycles. The first-order valence-electron chi connectivity index (χ1n) is 7.42. The number of carbonyl (C=O) groups excluding carboxylic acids is 1. The first-order chi connectivity index (χ1) is 11.1. The highest BCUT2D eigenvalue weighted by molar-refractivity contribution is 7.09. The lowest BCUT2D eigenvalue weighted by Crippen LogP contribution is -2.15. The molecule has 0 fully saturated rings. The van der Waals surface area contributed by atoms with Gasteiger partial charge in [-0.1, -0.05) is 6.07 Å². The van der Waals surface area contributed by atoms with E-state index in [-0.39, 0.29) is 30.7 Å². The lowest BCUT2D eigenvalue weighted by Gasteiger charge is -2.11. The zero-order chi connectivity index (χ0) is 16.7. The van der Waals surface area contributed by atoms with Crippen LogP contribution in [0.1, 0.15) is 21.9 Å². The van der Waals surface area contributed by atoms with Crippen LogP contribution in [0.25, 0.3) is 0 Å². The molecule has 3 N–H and O–H groups in total. The number of amides is 1. The highest BCUT2D eigenvalue weighted by atomic mass is 35.5. The van der Waals surface area contributed by atoms with Crippen LogP contribution in [0.5, 0.6) is 5.75 Å². The number of anilines is 1. The van der Waals surface area contributed by atoms with E-state index in [4.69, 9.17) is 10.5 Å². The third kappa shape index (κ3) is 8.02. The van der Waals surface area contributed by atoms with Crippen molar-refractivity contribution in [1.29, 1.82) is 0 Å². The van der Waals surface area contributed by atoms with Gasteiger partial charge in [-0.3, -0.25) is 4.79 Å². The molecule has 2 aromatic rings. The summed E-state index contributed by atoms with van der Waals surface area (Å²) in [6, 6.07) is 7.36. The number of carbonyl (C=O) groups is 1. The van der Waals surface area contributed by atoms with Crippen LogP contribution in [0, 0.1) is 0 Å². The topological polar surface area (TPSA) is 80.5 Å². The van der Waals surface area contributed by atoms with Gasteiger partial charge >= 0.3 is 0 Å². The van der Waals surface area contributed by atoms with Crippen LogP contribution in [-0.4, -0.2) is 43.0 Å². The predicted octanol–water partition coefficient (Wildman–Crippen LogP) is 3.03. The quantitative estimate of drug-likeness (QED) is 0.658. The molecule has 0 radical (unpaired) electrons. The number of hydrogen-bond acceptors (Lipinski definition) is 6. The van der Waals surface area contributed by atoms with Crippen LogP contribution in [0.2, 0.25) is 0 Å². The molecule has 0 spiro atoms. The number of hydrogen-bond donors (Lipinski definition) is 2. The molecular formula is C16H24Cl2N4O2S. The highest BCUT2D eigenvalue weighted by Gasteiger charge is 2.10. The van der Waals surface area contributed by atoms with Crippen LogP contribution < -0.4 is 15.8 Å². The van der Waals surface area contributed by atoms with Gasteiger partial charge in [0.1, 0.15) is 16.5 Å². The molecular weight excluding hydrogens is 383 g/mol. The minimum absolute atomic E-state index is 0. The zero-order valence-corrected chi connectivity index (χ0v) is 16.7. The summed E-state index contributed by atoms with van der Waals surface area (Å²) < 4.78 is 5.70. The van der Waals surface area contributed by atoms with Crippen molar-refractivity contribution in [3.05, 3.63) is 40.3 Å². The molecule has 0 atom stereocenters. The molecule has 1 aromatic carbocycles. The van der Waals surface area contributed by atoms with Crippen LogP contribution in [0.4, 0.5) is 5.69 Å². The Morgan fingerprint density at radius 3 is 2.76 bits per heavy atom. The van der Waals surface area contributed by atoms with Crippen molar-refractivity contribution < 1.29 is 9.53 Å². The molecule has 6 nitrogen and oxygen atoms in total. The maximum atomic E-state index is 12.1. The van der Waals surface area contributed by atoms with Gasteiger partial charge in [0.15, 0.2) is 0 Å². The number of nitrogens with zero attached hydrogens (tertiary/aromatic N) is 2. The molecule has 0 saturated heterocycles. The molecule has 0 aliphatic rings. The largest absolute Gasteiger partial charge is 0.493 e. The third-order valence-corrected chi connectivity index (χ3v) is 3.94. The predicted molar refractivity (Wildman–Crippen MR) is 108 cm³/mol. The van der Waals surface area contributed by atoms with Crippen molar-refractivity contribution >= 4 is 47.7 Å². The van der Waals surface area contributed by atoms with Gasteiger partial charge in [0.2, 0.25) is 0 Å². The standard InChI is InChI=1S/C16H22N4O2S.2ClH/c1-20(2)7-4-8-22-13-6-3-5-12(9-13)18-16(21)14-11-23-15(10-17)19-14;;/h3,5-6,9,11H,4,7-8,10,17H2,1-2H3,(H,18,21);2*1H. The summed E-state index contributed by atoms with van der Waals surface area (Å²) in [5.41, 5.74) is 6.57. The van der Waals surface area contributed by atoms with E-state index in [0.717, 1.165) is 23.7 Å². The first-order valence-corrected chi connectivity index (χ1v) is 8.30. The molecule has 140 valence electrons. The molecule has 0 bridgehead atoms. The number of aromatic nitrogens is 1. The minimum atomic E-state index is -0.245. The number of nitrogens with one attached hydrogen (secondary N) is 1. The van der Waals surface area contributed by atoms with Crippen molar-refractivity contribution in [2.24, 2.45) is 5.73 Å². The summed E-state index contributed by atoms with van der Waals surface area (Å²) in [6.07, 6.45) is 0.949. The number of rotatable bonds is 8. The maximum Gasteiger partial charge on any atom is 0.275 e. The second kappa shape index (κ2) is 12.1. The molecule has 9 heteroatoms. The molecule has 1 amide bonds. The Bertz CT molecular complexity index is 653. The fourth-order valence-corrected chi connectivity index (χ4v) is 2.59. The van der Waals surface area contributed by atoms with Crippen LogP contribution >= 0.6 is 36.2 Å². The summed E-state index contributed by atoms with van der Waals surface area (Å²) >= 11 is 1.38. The number of thiazole rings is 1. The summed E-state index contributed by atoms with van der Waals surface area (Å²) in [5, 5.41) is 5.27. The van der Waals surface area contributed by atoms with Gasteiger partial charge in [0, 0.05) is 30.2 Å². The van der Waals surface area contributed by atoms with Crippen molar-refractivity contribution in [1.82, 2.24) is 9.88 Å². The average Bonchev–Trinajstić information content (AvgIpc) is 3.01. The second-order valence-electron chi connectivity index (χ2n) is 5.32. The van der Waals surface area contributed by atoms with Gasteiger partial charge in [0.25, 0.3) is 5.91 Å². The van der Waals surface area contributed by atoms with Crippen molar-refractivity contribution in [2.45, 2.75) is 13.0 Å². The maximum absolute atomic E-state index is 12.1. The van der Waals surface area contributed by atoms with Crippen LogP contribution in [0.3, 0.4) is 0 Å². The van der Waals surface area contributed by atoms with Gasteiger partial charge in [0.05, 0.1) is 6.61 Å². The molecule has 25 heavy (non-hydrogen) atoms. The van der Waals surface area contributed by atoms with E-state index >= 15 is 0 Å². The van der Waals surface area contributed by atoms with E-state index in [1.54, 1.807) is 5.38 Å². The Balaban J connectivity index is 0.00000288. The highest BCUT2D eigenvalue weighted by Crippen LogP contribution is 2.19. The SMILES string of the molecule is CN(C)CCCOc1cccc(NC(=O)c2csc(CN)n2)c1.Cl.Cl. The summed E-state index contributed by atoms with van der Waals surface area (Å²) in [5.74, 6) is 0.494. The molecule has 0 aliphatic carbocycles. The summed E-state index contributed by atoms with van der Waals surface area (Å²) in [7, 11) is 4.06. The van der Waals surface area contributed by atoms with Gasteiger partial charge in [-0.2, -0.15) is 0 Å². The molecule has 2 rings (SSSR count). The zero-order valence-electron chi connectivity index (χ0n) is 14.2. The van der Waals surface area contributed by atoms with Crippen molar-refractivity contribution in [2.75, 3.05) is 32.6 Å². The van der Waals surface area contributed by atoms with E-state index in [1.165, 1.54) is 11.3 Å². The fraction of sp³-hybridized carbons (Fsp3) is 0.375. The summed E-state index contributed by atoms with van der Waals surface area (Å²) in [4.78, 5) is 18.4. The monoisotopic (exact) mass is 406 g/mol. The van der Waals surface area contributed by atoms with Crippen molar-refractivity contribution in [3.8, 4) is 5.75 Å². The Labute approximate surface area is 164 Å². The summed E-state index contributed by atoms with van der Waals surface area (Å²) in [6.45, 7) is 1.96.